The Kier molecular flexibility index (Phi) is 20.9. The van der Waals surface area contributed by atoms with Gasteiger partial charge in [0.2, 0.25) is 0 Å². The van der Waals surface area contributed by atoms with Gasteiger partial charge in [0.05, 0.1) is 0 Å². The van der Waals surface area contributed by atoms with E-state index >= 15 is 0 Å². The van der Waals surface area contributed by atoms with Crippen LogP contribution in [-0.2, 0) is 0 Å². The summed E-state index contributed by atoms with van der Waals surface area (Å²) in [4.78, 5) is 0. The molecule has 0 spiro atoms. The predicted molar refractivity (Wildman–Crippen MR) is 13.7 cm³/mol. The van der Waals surface area contributed by atoms with E-state index in [1.54, 1.807) is 0 Å². The van der Waals surface area contributed by atoms with Crippen LogP contribution in [0.4, 0.5) is 5.02 Å². The van der Waals surface area contributed by atoms with Gasteiger partial charge < -0.3 is 0 Å². The Morgan fingerprint density at radius 3 is 1.25 bits per heavy atom. The van der Waals surface area contributed by atoms with E-state index in [0.717, 1.165) is 0 Å². The first-order valence-electron chi connectivity index (χ1n) is 0.378. The number of hydrogen-bond acceptors (Lipinski definition) is 0. The third-order valence-corrected chi connectivity index (χ3v) is 0. The SMILES string of the molecule is [Ca].[F][Pb][F]. The summed E-state index contributed by atoms with van der Waals surface area (Å²) in [6.07, 6.45) is 0. The molecule has 0 aliphatic heterocycles. The zero-order valence-electron chi connectivity index (χ0n) is 1.96. The first-order chi connectivity index (χ1) is 1.41. The molecule has 0 unspecified atom stereocenters. The second-order valence-corrected chi connectivity index (χ2v) is 0.627. The van der Waals surface area contributed by atoms with Gasteiger partial charge in [-0.25, -0.2) is 0 Å². The summed E-state index contributed by atoms with van der Waals surface area (Å²) >= 11 is -2.92. The van der Waals surface area contributed by atoms with Crippen LogP contribution in [0.25, 0.3) is 0 Å². The molecule has 20 valence electrons. The van der Waals surface area contributed by atoms with E-state index in [0.29, 0.717) is 0 Å². The third-order valence-electron chi connectivity index (χ3n) is 0. The molecule has 0 heterocycles. The maximum absolute atomic E-state index is 9.82. The molecule has 0 aliphatic carbocycles. The monoisotopic (exact) mass is 286 g/mol. The summed E-state index contributed by atoms with van der Waals surface area (Å²) < 4.78 is 19.6. The molecule has 4 heteroatoms. The molecule has 0 aromatic rings. The van der Waals surface area contributed by atoms with Crippen LogP contribution in [0, 0.1) is 0 Å². The van der Waals surface area contributed by atoms with E-state index in [-0.39, 0.29) is 37.7 Å². The van der Waals surface area contributed by atoms with E-state index in [1.165, 1.54) is 0 Å². The molecular weight excluding hydrogens is 285 g/mol. The Balaban J connectivity index is 0. The van der Waals surface area contributed by atoms with Gasteiger partial charge in [-0.15, -0.1) is 0 Å². The van der Waals surface area contributed by atoms with Gasteiger partial charge in [0.1, 0.15) is 0 Å². The first kappa shape index (κ1) is 9.40. The van der Waals surface area contributed by atoms with Gasteiger partial charge in [-0.05, 0) is 0 Å². The van der Waals surface area contributed by atoms with Gasteiger partial charge >= 0.3 is 30.5 Å². The molecule has 0 fully saturated rings. The van der Waals surface area contributed by atoms with E-state index in [2.05, 4.69) is 0 Å². The Hall–Kier alpha value is 2.04. The topological polar surface area (TPSA) is 0 Å². The molecule has 0 aromatic heterocycles. The summed E-state index contributed by atoms with van der Waals surface area (Å²) in [5.74, 6) is 0. The molecule has 0 nitrogen and oxygen atoms in total. The Morgan fingerprint density at radius 1 is 1.25 bits per heavy atom. The number of halogens is 2. The number of rotatable bonds is 0. The molecule has 4 radical (unpaired) electrons. The van der Waals surface area contributed by atoms with E-state index in [1.807, 2.05) is 0 Å². The van der Waals surface area contributed by atoms with Crippen molar-refractivity contribution in [3.8, 4) is 0 Å². The van der Waals surface area contributed by atoms with Crippen molar-refractivity contribution >= 4 is 63.2 Å². The van der Waals surface area contributed by atoms with Crippen molar-refractivity contribution in [1.29, 1.82) is 0 Å². The zero-order valence-corrected chi connectivity index (χ0v) is 8.06. The van der Waals surface area contributed by atoms with Gasteiger partial charge in [0, 0.05) is 37.7 Å². The molecule has 0 aromatic carbocycles. The molecule has 0 amide bonds. The van der Waals surface area contributed by atoms with Crippen LogP contribution in [0.1, 0.15) is 0 Å². The van der Waals surface area contributed by atoms with Crippen LogP contribution in [0.15, 0.2) is 0 Å². The van der Waals surface area contributed by atoms with Crippen molar-refractivity contribution in [2.75, 3.05) is 0 Å². The predicted octanol–water partition coefficient (Wildman–Crippen LogP) is 0.0788. The average Bonchev–Trinajstić information content (AvgIpc) is 0.918. The zero-order chi connectivity index (χ0) is 2.71. The van der Waals surface area contributed by atoms with Gasteiger partial charge in [0.15, 0.2) is 0 Å². The fourth-order valence-electron chi connectivity index (χ4n) is 0. The summed E-state index contributed by atoms with van der Waals surface area (Å²) in [6, 6.07) is 0. The first-order valence-corrected chi connectivity index (χ1v) is 3.32. The maximum atomic E-state index is 9.82. The van der Waals surface area contributed by atoms with Crippen molar-refractivity contribution in [3.63, 3.8) is 0 Å². The van der Waals surface area contributed by atoms with E-state index < -0.39 is 25.5 Å². The normalized spacial score (nSPS) is 4.50. The molecule has 0 saturated carbocycles. The summed E-state index contributed by atoms with van der Waals surface area (Å²) in [7, 11) is 0. The van der Waals surface area contributed by atoms with Crippen LogP contribution in [0.3, 0.4) is 0 Å². The van der Waals surface area contributed by atoms with Crippen LogP contribution in [0.5, 0.6) is 0 Å². The van der Waals surface area contributed by atoms with Gasteiger partial charge in [0.25, 0.3) is 0 Å². The van der Waals surface area contributed by atoms with Gasteiger partial charge in [-0.2, -0.15) is 0 Å². The Labute approximate surface area is 67.0 Å². The van der Waals surface area contributed by atoms with Crippen molar-refractivity contribution in [2.24, 2.45) is 0 Å². The fourth-order valence-corrected chi connectivity index (χ4v) is 0. The van der Waals surface area contributed by atoms with Crippen molar-refractivity contribution in [2.45, 2.75) is 0 Å². The molecule has 0 rings (SSSR count). The average molecular weight is 285 g/mol. The van der Waals surface area contributed by atoms with Crippen LogP contribution in [-0.4, -0.2) is 63.2 Å². The summed E-state index contributed by atoms with van der Waals surface area (Å²) in [6.45, 7) is 0. The second-order valence-electron chi connectivity index (χ2n) is 0.0714. The molecule has 4 heavy (non-hydrogen) atoms. The number of hydrogen-bond donors (Lipinski definition) is 0. The molecule has 0 atom stereocenters. The quantitative estimate of drug-likeness (QED) is 0.553. The van der Waals surface area contributed by atoms with Gasteiger partial charge in [-0.1, -0.05) is 0 Å². The fraction of sp³-hybridized carbons (Fsp3) is 0. The van der Waals surface area contributed by atoms with Crippen LogP contribution in [0.2, 0.25) is 0 Å². The second kappa shape index (κ2) is 8.90. The van der Waals surface area contributed by atoms with Crippen molar-refractivity contribution in [1.82, 2.24) is 0 Å². The molecule has 0 bridgehead atoms. The van der Waals surface area contributed by atoms with Crippen LogP contribution < -0.4 is 0 Å². The minimum absolute atomic E-state index is 0. The molecular formula is CaF2Pb. The van der Waals surface area contributed by atoms with Crippen molar-refractivity contribution in [3.05, 3.63) is 0 Å². The minimum atomic E-state index is -2.92. The Bertz CT molecular complexity index is 6.00. The standard InChI is InChI=1S/Ca.2FH.Pb/h;2*1H;/q;;;+2/p-2. The third kappa shape index (κ3) is 8.97. The van der Waals surface area contributed by atoms with Crippen molar-refractivity contribution < 1.29 is 5.02 Å². The van der Waals surface area contributed by atoms with Crippen LogP contribution >= 0.6 is 0 Å². The van der Waals surface area contributed by atoms with E-state index in [9.17, 15) is 5.02 Å². The summed E-state index contributed by atoms with van der Waals surface area (Å²) in [5.41, 5.74) is 0. The molecule has 0 N–H and O–H groups in total. The van der Waals surface area contributed by atoms with E-state index in [4.69, 9.17) is 0 Å². The van der Waals surface area contributed by atoms with Gasteiger partial charge in [-0.3, -0.25) is 0 Å². The molecule has 0 saturated heterocycles. The Morgan fingerprint density at radius 2 is 1.25 bits per heavy atom. The summed E-state index contributed by atoms with van der Waals surface area (Å²) in [5, 5.41) is 0. The molecule has 0 aliphatic rings.